The molecule has 0 saturated heterocycles. The number of guanidine groups is 1. The number of aliphatic imine (C=N–C) groups is 1. The molecule has 0 fully saturated rings. The monoisotopic (exact) mass is 381 g/mol. The third kappa shape index (κ3) is 2.68. The van der Waals surface area contributed by atoms with Crippen molar-refractivity contribution in [2.24, 2.45) is 10.7 Å². The first-order chi connectivity index (χ1) is 13.1. The average Bonchev–Trinajstić information content (AvgIpc) is 3.29. The Bertz CT molecular complexity index is 1110. The predicted octanol–water partition coefficient (Wildman–Crippen LogP) is 3.25. The first kappa shape index (κ1) is 16.0. The van der Waals surface area contributed by atoms with E-state index in [0.717, 1.165) is 16.6 Å². The predicted molar refractivity (Wildman–Crippen MR) is 105 cm³/mol. The van der Waals surface area contributed by atoms with Gasteiger partial charge in [0, 0.05) is 23.6 Å². The number of nitrogens with zero attached hydrogens (tertiary/aromatic N) is 1. The number of ether oxygens (including phenoxy) is 2. The van der Waals surface area contributed by atoms with Crippen LogP contribution in [0.25, 0.3) is 10.9 Å². The Kier molecular flexibility index (Phi) is 3.53. The van der Waals surface area contributed by atoms with Crippen LogP contribution in [-0.4, -0.2) is 17.7 Å². The zero-order valence-electron chi connectivity index (χ0n) is 14.1. The summed E-state index contributed by atoms with van der Waals surface area (Å²) >= 11 is 6.43. The maximum Gasteiger partial charge on any atom is 0.231 e. The lowest BCUT2D eigenvalue weighted by Crippen LogP contribution is -2.42. The van der Waals surface area contributed by atoms with Crippen molar-refractivity contribution >= 4 is 34.2 Å². The molecule has 5 rings (SSSR count). The van der Waals surface area contributed by atoms with Crippen molar-refractivity contribution in [3.63, 3.8) is 0 Å². The van der Waals surface area contributed by atoms with Gasteiger partial charge in [-0.25, -0.2) is 4.99 Å². The van der Waals surface area contributed by atoms with Crippen LogP contribution in [-0.2, 0) is 5.66 Å². The molecule has 1 atom stereocenters. The molecule has 3 heterocycles. The van der Waals surface area contributed by atoms with Crippen LogP contribution in [0.2, 0.25) is 5.02 Å². The van der Waals surface area contributed by atoms with Crippen molar-refractivity contribution in [2.45, 2.75) is 5.66 Å². The molecule has 2 aliphatic heterocycles. The van der Waals surface area contributed by atoms with E-state index in [1.54, 1.807) is 24.4 Å². The number of hydrogen-bond donors (Lipinski definition) is 4. The molecule has 1 aromatic heterocycles. The van der Waals surface area contributed by atoms with Gasteiger partial charge in [-0.2, -0.15) is 0 Å². The first-order valence-electron chi connectivity index (χ1n) is 8.38. The minimum absolute atomic E-state index is 0.131. The van der Waals surface area contributed by atoms with Crippen molar-refractivity contribution in [1.82, 2.24) is 10.3 Å². The molecule has 7 nitrogen and oxygen atoms in total. The van der Waals surface area contributed by atoms with Crippen LogP contribution >= 0.6 is 11.6 Å². The van der Waals surface area contributed by atoms with Gasteiger partial charge in [-0.15, -0.1) is 0 Å². The van der Waals surface area contributed by atoms with Gasteiger partial charge in [0.15, 0.2) is 17.2 Å². The average molecular weight is 382 g/mol. The summed E-state index contributed by atoms with van der Waals surface area (Å²) in [6, 6.07) is 11.5. The van der Waals surface area contributed by atoms with Crippen LogP contribution < -0.4 is 25.8 Å². The van der Waals surface area contributed by atoms with E-state index in [4.69, 9.17) is 26.8 Å². The van der Waals surface area contributed by atoms with Crippen molar-refractivity contribution in [2.75, 3.05) is 12.1 Å². The molecule has 1 unspecified atom stereocenters. The molecule has 0 spiro atoms. The van der Waals surface area contributed by atoms with Crippen LogP contribution in [0.1, 0.15) is 5.56 Å². The fourth-order valence-corrected chi connectivity index (χ4v) is 3.59. The fraction of sp³-hybridized carbons (Fsp3) is 0.105. The van der Waals surface area contributed by atoms with Gasteiger partial charge >= 0.3 is 0 Å². The highest BCUT2D eigenvalue weighted by Gasteiger charge is 2.36. The number of nitrogens with two attached hydrogens (primary N) is 1. The van der Waals surface area contributed by atoms with Gasteiger partial charge in [0.05, 0.1) is 10.6 Å². The number of aromatic nitrogens is 1. The molecule has 0 aliphatic carbocycles. The van der Waals surface area contributed by atoms with Crippen LogP contribution in [0.4, 0.5) is 5.69 Å². The summed E-state index contributed by atoms with van der Waals surface area (Å²) < 4.78 is 11.0. The first-order valence-corrected chi connectivity index (χ1v) is 8.76. The Morgan fingerprint density at radius 2 is 2.11 bits per heavy atom. The van der Waals surface area contributed by atoms with Gasteiger partial charge < -0.3 is 25.1 Å². The second kappa shape index (κ2) is 5.94. The van der Waals surface area contributed by atoms with E-state index in [1.165, 1.54) is 0 Å². The maximum atomic E-state index is 6.59. The number of fused-ring (bicyclic) bond motifs is 2. The number of nitrogens with one attached hydrogen (secondary N) is 3. The number of rotatable bonds is 2. The highest BCUT2D eigenvalue weighted by atomic mass is 35.5. The topological polar surface area (TPSA) is 96.7 Å². The Labute approximate surface area is 159 Å². The van der Waals surface area contributed by atoms with Crippen molar-refractivity contribution in [3.05, 3.63) is 65.5 Å². The van der Waals surface area contributed by atoms with Gasteiger partial charge in [0.2, 0.25) is 12.8 Å². The van der Waals surface area contributed by atoms with E-state index in [0.29, 0.717) is 28.0 Å². The highest BCUT2D eigenvalue weighted by molar-refractivity contribution is 6.31. The number of hydrogen-bond acceptors (Lipinski definition) is 6. The largest absolute Gasteiger partial charge is 0.454 e. The normalized spacial score (nSPS) is 20.4. The number of aromatic amines is 1. The number of H-pyrrole nitrogens is 1. The summed E-state index contributed by atoms with van der Waals surface area (Å²) in [5.74, 6) is 1.62. The zero-order chi connectivity index (χ0) is 18.4. The van der Waals surface area contributed by atoms with Crippen molar-refractivity contribution in [3.8, 4) is 11.5 Å². The van der Waals surface area contributed by atoms with Crippen LogP contribution in [0.3, 0.4) is 0 Å². The Balaban J connectivity index is 1.52. The SMILES string of the molecule is NC1(c2c(Cl)ccc3c2OCO3)C=CNC(Nc2ccc3cc[nH]c3c2)=N1. The summed E-state index contributed by atoms with van der Waals surface area (Å²) in [6.45, 7) is 0.131. The standard InChI is InChI=1S/C19H16ClN5O2/c20-13-3-4-15-17(27-10-26-15)16(13)19(21)6-8-23-18(25-19)24-12-2-1-11-5-7-22-14(11)9-12/h1-9,22H,10,21H2,(H2,23,24,25). The molecule has 27 heavy (non-hydrogen) atoms. The molecule has 0 radical (unpaired) electrons. The molecule has 2 aliphatic rings. The van der Waals surface area contributed by atoms with Crippen LogP contribution in [0.5, 0.6) is 11.5 Å². The molecule has 136 valence electrons. The van der Waals surface area contributed by atoms with E-state index < -0.39 is 5.66 Å². The number of benzene rings is 2. The molecule has 0 saturated carbocycles. The van der Waals surface area contributed by atoms with Crippen LogP contribution in [0.15, 0.2) is 59.9 Å². The molecule has 5 N–H and O–H groups in total. The molecule has 3 aromatic rings. The zero-order valence-corrected chi connectivity index (χ0v) is 14.9. The highest BCUT2D eigenvalue weighted by Crippen LogP contribution is 2.45. The second-order valence-electron chi connectivity index (χ2n) is 6.32. The summed E-state index contributed by atoms with van der Waals surface area (Å²) in [5, 5.41) is 7.92. The molecule has 0 bridgehead atoms. The molecular formula is C19H16ClN5O2. The lowest BCUT2D eigenvalue weighted by molar-refractivity contribution is 0.172. The Morgan fingerprint density at radius 3 is 3.04 bits per heavy atom. The minimum atomic E-state index is -1.19. The van der Waals surface area contributed by atoms with E-state index in [-0.39, 0.29) is 6.79 Å². The summed E-state index contributed by atoms with van der Waals surface area (Å²) in [5.41, 5.74) is 7.86. The van der Waals surface area contributed by atoms with Gasteiger partial charge in [0.25, 0.3) is 0 Å². The Hall–Kier alpha value is -3.16. The van der Waals surface area contributed by atoms with Crippen LogP contribution in [0, 0.1) is 0 Å². The molecule has 0 amide bonds. The molecule has 8 heteroatoms. The van der Waals surface area contributed by atoms with Crippen molar-refractivity contribution < 1.29 is 9.47 Å². The maximum absolute atomic E-state index is 6.59. The van der Waals surface area contributed by atoms with E-state index >= 15 is 0 Å². The number of halogens is 1. The van der Waals surface area contributed by atoms with E-state index in [1.807, 2.05) is 30.5 Å². The summed E-state index contributed by atoms with van der Waals surface area (Å²) in [4.78, 5) is 7.83. The van der Waals surface area contributed by atoms with E-state index in [2.05, 4.69) is 20.6 Å². The summed E-state index contributed by atoms with van der Waals surface area (Å²) in [7, 11) is 0. The number of anilines is 1. The molecule has 2 aromatic carbocycles. The van der Waals surface area contributed by atoms with Gasteiger partial charge in [0.1, 0.15) is 0 Å². The lowest BCUT2D eigenvalue weighted by atomic mass is 9.98. The fourth-order valence-electron chi connectivity index (χ4n) is 3.29. The lowest BCUT2D eigenvalue weighted by Gasteiger charge is -2.28. The van der Waals surface area contributed by atoms with Crippen molar-refractivity contribution in [1.29, 1.82) is 0 Å². The van der Waals surface area contributed by atoms with Gasteiger partial charge in [-0.1, -0.05) is 17.7 Å². The summed E-state index contributed by atoms with van der Waals surface area (Å²) in [6.07, 6.45) is 5.36. The third-order valence-corrected chi connectivity index (χ3v) is 4.88. The Morgan fingerprint density at radius 1 is 1.19 bits per heavy atom. The molecular weight excluding hydrogens is 366 g/mol. The minimum Gasteiger partial charge on any atom is -0.454 e. The second-order valence-corrected chi connectivity index (χ2v) is 6.73. The van der Waals surface area contributed by atoms with Gasteiger partial charge in [-0.05, 0) is 41.8 Å². The van der Waals surface area contributed by atoms with Gasteiger partial charge in [-0.3, -0.25) is 5.73 Å². The smallest absolute Gasteiger partial charge is 0.231 e. The third-order valence-electron chi connectivity index (χ3n) is 4.56. The van der Waals surface area contributed by atoms with E-state index in [9.17, 15) is 0 Å². The quantitative estimate of drug-likeness (QED) is 0.546.